The number of halogens is 1. The van der Waals surface area contributed by atoms with Gasteiger partial charge in [0.05, 0.1) is 17.8 Å². The fourth-order valence-corrected chi connectivity index (χ4v) is 2.60. The minimum Gasteiger partial charge on any atom is -0.366 e. The lowest BCUT2D eigenvalue weighted by molar-refractivity contribution is 0.112. The van der Waals surface area contributed by atoms with Gasteiger partial charge in [-0.05, 0) is 30.5 Å². The maximum atomic E-state index is 13.6. The van der Waals surface area contributed by atoms with E-state index in [1.165, 1.54) is 10.9 Å². The van der Waals surface area contributed by atoms with Crippen molar-refractivity contribution in [2.24, 2.45) is 0 Å². The predicted octanol–water partition coefficient (Wildman–Crippen LogP) is 3.73. The van der Waals surface area contributed by atoms with Gasteiger partial charge in [-0.1, -0.05) is 12.1 Å². The summed E-state index contributed by atoms with van der Waals surface area (Å²) in [6.45, 7) is 3.41. The molecule has 1 aromatic heterocycles. The second-order valence-corrected chi connectivity index (χ2v) is 4.92. The Morgan fingerprint density at radius 1 is 1.33 bits per heavy atom. The summed E-state index contributed by atoms with van der Waals surface area (Å²) in [5.74, 6) is -0.466. The third-order valence-electron chi connectivity index (χ3n) is 2.80. The van der Waals surface area contributed by atoms with Crippen LogP contribution in [0.1, 0.15) is 22.2 Å². The van der Waals surface area contributed by atoms with Crippen molar-refractivity contribution in [3.8, 4) is 0 Å². The van der Waals surface area contributed by atoms with Crippen LogP contribution in [0.3, 0.4) is 0 Å². The molecule has 18 heavy (non-hydrogen) atoms. The first-order valence-corrected chi connectivity index (χ1v) is 6.65. The van der Waals surface area contributed by atoms with E-state index in [2.05, 4.69) is 0 Å². The predicted molar refractivity (Wildman–Crippen MR) is 72.8 cm³/mol. The van der Waals surface area contributed by atoms with Gasteiger partial charge < -0.3 is 4.90 Å². The summed E-state index contributed by atoms with van der Waals surface area (Å²) in [7, 11) is 0. The van der Waals surface area contributed by atoms with Crippen LogP contribution in [0.5, 0.6) is 0 Å². The Morgan fingerprint density at radius 2 is 2.17 bits per heavy atom. The molecule has 0 fully saturated rings. The molecule has 0 aliphatic carbocycles. The number of thiophene rings is 1. The third kappa shape index (κ3) is 2.59. The summed E-state index contributed by atoms with van der Waals surface area (Å²) in [5.41, 5.74) is 0.789. The fraction of sp³-hybridized carbons (Fsp3) is 0.214. The zero-order valence-electron chi connectivity index (χ0n) is 10.1. The molecule has 0 saturated carbocycles. The molecule has 2 aromatic rings. The standard InChI is InChI=1S/C14H14FNOS/c1-2-16(9-11-5-4-8-18-11)14-7-3-6-13(15)12(14)10-17/h3-8,10H,2,9H2,1H3. The molecule has 0 amide bonds. The van der Waals surface area contributed by atoms with Crippen molar-refractivity contribution in [1.82, 2.24) is 0 Å². The molecule has 0 spiro atoms. The summed E-state index contributed by atoms with van der Waals surface area (Å²) < 4.78 is 13.6. The van der Waals surface area contributed by atoms with Crippen molar-refractivity contribution in [3.05, 3.63) is 52.0 Å². The van der Waals surface area contributed by atoms with Crippen molar-refractivity contribution in [2.75, 3.05) is 11.4 Å². The molecule has 2 nitrogen and oxygen atoms in total. The molecule has 1 heterocycles. The monoisotopic (exact) mass is 263 g/mol. The number of benzene rings is 1. The summed E-state index contributed by atoms with van der Waals surface area (Å²) in [6, 6.07) is 8.75. The first-order chi connectivity index (χ1) is 8.76. The Morgan fingerprint density at radius 3 is 2.78 bits per heavy atom. The van der Waals surface area contributed by atoms with Gasteiger partial charge in [0.15, 0.2) is 6.29 Å². The summed E-state index contributed by atoms with van der Waals surface area (Å²) in [5, 5.41) is 2.01. The van der Waals surface area contributed by atoms with E-state index in [-0.39, 0.29) is 5.56 Å². The van der Waals surface area contributed by atoms with E-state index < -0.39 is 5.82 Å². The second kappa shape index (κ2) is 5.78. The number of anilines is 1. The molecule has 0 aliphatic heterocycles. The quantitative estimate of drug-likeness (QED) is 0.766. The Labute approximate surface area is 110 Å². The molecule has 2 rings (SSSR count). The average molecular weight is 263 g/mol. The average Bonchev–Trinajstić information content (AvgIpc) is 2.88. The van der Waals surface area contributed by atoms with Crippen LogP contribution in [0, 0.1) is 5.82 Å². The van der Waals surface area contributed by atoms with E-state index in [9.17, 15) is 9.18 Å². The lowest BCUT2D eigenvalue weighted by Crippen LogP contribution is -2.23. The van der Waals surface area contributed by atoms with E-state index >= 15 is 0 Å². The zero-order valence-corrected chi connectivity index (χ0v) is 10.9. The van der Waals surface area contributed by atoms with Crippen LogP contribution in [0.2, 0.25) is 0 Å². The van der Waals surface area contributed by atoms with Gasteiger partial charge in [0.2, 0.25) is 0 Å². The van der Waals surface area contributed by atoms with Gasteiger partial charge in [-0.25, -0.2) is 4.39 Å². The number of carbonyl (C=O) groups is 1. The van der Waals surface area contributed by atoms with Gasteiger partial charge >= 0.3 is 0 Å². The number of carbonyl (C=O) groups excluding carboxylic acids is 1. The van der Waals surface area contributed by atoms with Gasteiger partial charge in [0.1, 0.15) is 5.82 Å². The minimum atomic E-state index is -0.466. The first kappa shape index (κ1) is 12.8. The topological polar surface area (TPSA) is 20.3 Å². The maximum Gasteiger partial charge on any atom is 0.155 e. The highest BCUT2D eigenvalue weighted by atomic mass is 32.1. The fourth-order valence-electron chi connectivity index (χ4n) is 1.88. The van der Waals surface area contributed by atoms with E-state index in [1.54, 1.807) is 23.5 Å². The molecule has 1 aromatic carbocycles. The van der Waals surface area contributed by atoms with E-state index in [4.69, 9.17) is 0 Å². The normalized spacial score (nSPS) is 10.3. The van der Waals surface area contributed by atoms with Gasteiger partial charge in [-0.2, -0.15) is 0 Å². The molecular weight excluding hydrogens is 249 g/mol. The van der Waals surface area contributed by atoms with Gasteiger partial charge in [-0.3, -0.25) is 4.79 Å². The molecule has 0 saturated heterocycles. The summed E-state index contributed by atoms with van der Waals surface area (Å²) in [6.07, 6.45) is 0.585. The van der Waals surface area contributed by atoms with Crippen LogP contribution >= 0.6 is 11.3 Å². The van der Waals surface area contributed by atoms with Crippen molar-refractivity contribution in [3.63, 3.8) is 0 Å². The number of nitrogens with zero attached hydrogens (tertiary/aromatic N) is 1. The Bertz CT molecular complexity index is 525. The number of hydrogen-bond donors (Lipinski definition) is 0. The minimum absolute atomic E-state index is 0.135. The summed E-state index contributed by atoms with van der Waals surface area (Å²) >= 11 is 1.66. The first-order valence-electron chi connectivity index (χ1n) is 5.77. The second-order valence-electron chi connectivity index (χ2n) is 3.88. The van der Waals surface area contributed by atoms with E-state index in [1.807, 2.05) is 29.3 Å². The Balaban J connectivity index is 2.32. The highest BCUT2D eigenvalue weighted by molar-refractivity contribution is 7.09. The van der Waals surface area contributed by atoms with Gasteiger partial charge in [0.25, 0.3) is 0 Å². The highest BCUT2D eigenvalue weighted by Gasteiger charge is 2.13. The largest absolute Gasteiger partial charge is 0.366 e. The van der Waals surface area contributed by atoms with Crippen LogP contribution in [0.25, 0.3) is 0 Å². The van der Waals surface area contributed by atoms with Crippen molar-refractivity contribution >= 4 is 23.3 Å². The lowest BCUT2D eigenvalue weighted by atomic mass is 10.1. The number of hydrogen-bond acceptors (Lipinski definition) is 3. The zero-order chi connectivity index (χ0) is 13.0. The van der Waals surface area contributed by atoms with E-state index in [0.717, 1.165) is 6.54 Å². The molecule has 94 valence electrons. The number of rotatable bonds is 5. The Kier molecular flexibility index (Phi) is 4.10. The molecule has 0 radical (unpaired) electrons. The van der Waals surface area contributed by atoms with Crippen LogP contribution in [0.15, 0.2) is 35.7 Å². The lowest BCUT2D eigenvalue weighted by Gasteiger charge is -2.24. The van der Waals surface area contributed by atoms with Crippen LogP contribution in [-0.2, 0) is 6.54 Å². The van der Waals surface area contributed by atoms with Crippen LogP contribution < -0.4 is 4.90 Å². The molecular formula is C14H14FNOS. The SMILES string of the molecule is CCN(Cc1cccs1)c1cccc(F)c1C=O. The Hall–Kier alpha value is -1.68. The van der Waals surface area contributed by atoms with Crippen LogP contribution in [-0.4, -0.2) is 12.8 Å². The van der Waals surface area contributed by atoms with Crippen molar-refractivity contribution in [2.45, 2.75) is 13.5 Å². The highest BCUT2D eigenvalue weighted by Crippen LogP contribution is 2.24. The molecule has 0 atom stereocenters. The van der Waals surface area contributed by atoms with Crippen molar-refractivity contribution in [1.29, 1.82) is 0 Å². The van der Waals surface area contributed by atoms with Crippen LogP contribution in [0.4, 0.5) is 10.1 Å². The smallest absolute Gasteiger partial charge is 0.155 e. The van der Waals surface area contributed by atoms with Gasteiger partial charge in [0, 0.05) is 11.4 Å². The van der Waals surface area contributed by atoms with E-state index in [0.29, 0.717) is 18.5 Å². The summed E-state index contributed by atoms with van der Waals surface area (Å²) in [4.78, 5) is 14.2. The van der Waals surface area contributed by atoms with Crippen molar-refractivity contribution < 1.29 is 9.18 Å². The molecule has 0 bridgehead atoms. The molecule has 0 aliphatic rings. The molecule has 4 heteroatoms. The number of aldehydes is 1. The van der Waals surface area contributed by atoms with Gasteiger partial charge in [-0.15, -0.1) is 11.3 Å². The maximum absolute atomic E-state index is 13.6. The third-order valence-corrected chi connectivity index (χ3v) is 3.66. The molecule has 0 N–H and O–H groups in total. The molecule has 0 unspecified atom stereocenters.